The van der Waals surface area contributed by atoms with Gasteiger partial charge in [0.25, 0.3) is 5.91 Å². The molecule has 0 aromatic rings. The van der Waals surface area contributed by atoms with Crippen molar-refractivity contribution in [2.75, 3.05) is 13.2 Å². The van der Waals surface area contributed by atoms with E-state index in [0.29, 0.717) is 30.2 Å². The lowest BCUT2D eigenvalue weighted by Crippen LogP contribution is -2.35. The van der Waals surface area contributed by atoms with E-state index in [0.717, 1.165) is 32.1 Å². The van der Waals surface area contributed by atoms with E-state index in [1.807, 2.05) is 6.08 Å². The topological polar surface area (TPSA) is 67.8 Å². The van der Waals surface area contributed by atoms with Gasteiger partial charge < -0.3 is 19.9 Å². The van der Waals surface area contributed by atoms with Crippen molar-refractivity contribution in [3.63, 3.8) is 0 Å². The van der Waals surface area contributed by atoms with E-state index in [-0.39, 0.29) is 18.8 Å². The fourth-order valence-electron chi connectivity index (χ4n) is 2.32. The average Bonchev–Trinajstić information content (AvgIpc) is 3.27. The van der Waals surface area contributed by atoms with Crippen LogP contribution in [0.3, 0.4) is 0 Å². The molecule has 0 spiro atoms. The molecule has 120 valence electrons. The summed E-state index contributed by atoms with van der Waals surface area (Å²) in [5.74, 6) is 1.02. The van der Waals surface area contributed by atoms with Crippen LogP contribution in [0.2, 0.25) is 0 Å². The molecule has 2 atom stereocenters. The van der Waals surface area contributed by atoms with Gasteiger partial charge in [-0.3, -0.25) is 4.79 Å². The SMILES string of the molecule is CC(C)[C@H]1C=C(C(=O)NC2CC2)O[C@@H](OCCCCO)C1. The third-order valence-corrected chi connectivity index (χ3v) is 3.94. The van der Waals surface area contributed by atoms with Gasteiger partial charge in [-0.1, -0.05) is 13.8 Å². The van der Waals surface area contributed by atoms with Gasteiger partial charge >= 0.3 is 0 Å². The van der Waals surface area contributed by atoms with Crippen LogP contribution in [0.5, 0.6) is 0 Å². The number of ether oxygens (including phenoxy) is 2. The molecule has 1 fully saturated rings. The van der Waals surface area contributed by atoms with Crippen LogP contribution >= 0.6 is 0 Å². The van der Waals surface area contributed by atoms with E-state index in [4.69, 9.17) is 14.6 Å². The summed E-state index contributed by atoms with van der Waals surface area (Å²) in [6.45, 7) is 5.02. The second-order valence-corrected chi connectivity index (χ2v) is 6.27. The van der Waals surface area contributed by atoms with Gasteiger partial charge in [0, 0.05) is 19.1 Å². The summed E-state index contributed by atoms with van der Waals surface area (Å²) >= 11 is 0. The normalized spacial score (nSPS) is 25.4. The Morgan fingerprint density at radius 1 is 1.48 bits per heavy atom. The molecule has 21 heavy (non-hydrogen) atoms. The average molecular weight is 297 g/mol. The first-order valence-electron chi connectivity index (χ1n) is 8.02. The van der Waals surface area contributed by atoms with Crippen LogP contribution in [0.1, 0.15) is 46.0 Å². The maximum atomic E-state index is 12.1. The van der Waals surface area contributed by atoms with Gasteiger partial charge in [-0.05, 0) is 43.6 Å². The fraction of sp³-hybridized carbons (Fsp3) is 0.812. The molecule has 0 radical (unpaired) electrons. The second kappa shape index (κ2) is 7.80. The maximum absolute atomic E-state index is 12.1. The van der Waals surface area contributed by atoms with Crippen LogP contribution in [0, 0.1) is 11.8 Å². The van der Waals surface area contributed by atoms with Crippen molar-refractivity contribution in [1.29, 1.82) is 0 Å². The van der Waals surface area contributed by atoms with Crippen LogP contribution in [-0.2, 0) is 14.3 Å². The Balaban J connectivity index is 1.89. The number of rotatable bonds is 8. The number of carbonyl (C=O) groups excluding carboxylic acids is 1. The van der Waals surface area contributed by atoms with E-state index >= 15 is 0 Å². The zero-order valence-electron chi connectivity index (χ0n) is 13.0. The van der Waals surface area contributed by atoms with Gasteiger partial charge in [0.05, 0.1) is 6.61 Å². The highest BCUT2D eigenvalue weighted by Crippen LogP contribution is 2.29. The number of hydrogen-bond donors (Lipinski definition) is 2. The zero-order chi connectivity index (χ0) is 15.2. The minimum Gasteiger partial charge on any atom is -0.459 e. The Morgan fingerprint density at radius 2 is 2.24 bits per heavy atom. The molecule has 0 unspecified atom stereocenters. The lowest BCUT2D eigenvalue weighted by molar-refractivity contribution is -0.150. The van der Waals surface area contributed by atoms with Crippen LogP contribution in [0.25, 0.3) is 0 Å². The minimum atomic E-state index is -0.360. The first-order chi connectivity index (χ1) is 10.1. The third-order valence-electron chi connectivity index (χ3n) is 3.94. The van der Waals surface area contributed by atoms with E-state index in [1.165, 1.54) is 0 Å². The maximum Gasteiger partial charge on any atom is 0.286 e. The number of aliphatic hydroxyl groups is 1. The smallest absolute Gasteiger partial charge is 0.286 e. The lowest BCUT2D eigenvalue weighted by Gasteiger charge is -2.30. The predicted molar refractivity (Wildman–Crippen MR) is 79.3 cm³/mol. The van der Waals surface area contributed by atoms with Crippen molar-refractivity contribution in [3.05, 3.63) is 11.8 Å². The number of aliphatic hydroxyl groups excluding tert-OH is 1. The van der Waals surface area contributed by atoms with Crippen molar-refractivity contribution in [3.8, 4) is 0 Å². The summed E-state index contributed by atoms with van der Waals surface area (Å²) in [6, 6.07) is 0.324. The predicted octanol–water partition coefficient (Wildman–Crippen LogP) is 1.96. The largest absolute Gasteiger partial charge is 0.459 e. The Bertz CT molecular complexity index is 376. The molecule has 5 heteroatoms. The standard InChI is InChI=1S/C16H27NO4/c1-11(2)12-9-14(16(19)17-13-5-6-13)21-15(10-12)20-8-4-3-7-18/h9,11-13,15,18H,3-8,10H2,1-2H3,(H,17,19)/t12-,15+/m0/s1. The summed E-state index contributed by atoms with van der Waals surface area (Å²) in [5, 5.41) is 11.7. The number of hydrogen-bond acceptors (Lipinski definition) is 4. The zero-order valence-corrected chi connectivity index (χ0v) is 13.0. The van der Waals surface area contributed by atoms with E-state index < -0.39 is 0 Å². The van der Waals surface area contributed by atoms with Crippen molar-refractivity contribution in [1.82, 2.24) is 5.32 Å². The van der Waals surface area contributed by atoms with E-state index in [9.17, 15) is 4.79 Å². The van der Waals surface area contributed by atoms with Gasteiger partial charge in [-0.25, -0.2) is 0 Å². The molecule has 1 aliphatic carbocycles. The third kappa shape index (κ3) is 5.32. The summed E-state index contributed by atoms with van der Waals surface area (Å²) < 4.78 is 11.4. The van der Waals surface area contributed by atoms with Crippen LogP contribution < -0.4 is 5.32 Å². The molecule has 0 saturated heterocycles. The number of carbonyl (C=O) groups is 1. The van der Waals surface area contributed by atoms with Crippen LogP contribution in [0.4, 0.5) is 0 Å². The molecule has 0 bridgehead atoms. The highest BCUT2D eigenvalue weighted by molar-refractivity contribution is 5.92. The molecule has 2 rings (SSSR count). The molecule has 1 amide bonds. The molecule has 1 aliphatic heterocycles. The lowest BCUT2D eigenvalue weighted by atomic mass is 9.90. The Morgan fingerprint density at radius 3 is 2.86 bits per heavy atom. The van der Waals surface area contributed by atoms with Crippen LogP contribution in [-0.4, -0.2) is 36.6 Å². The molecule has 0 aromatic carbocycles. The molecule has 0 aromatic heterocycles. The molecule has 5 nitrogen and oxygen atoms in total. The summed E-state index contributed by atoms with van der Waals surface area (Å²) in [5.41, 5.74) is 0. The minimum absolute atomic E-state index is 0.119. The number of unbranched alkanes of at least 4 members (excludes halogenated alkanes) is 1. The molecule has 1 heterocycles. The van der Waals surface area contributed by atoms with Gasteiger partial charge in [0.1, 0.15) is 0 Å². The Labute approximate surface area is 126 Å². The first kappa shape index (κ1) is 16.3. The van der Waals surface area contributed by atoms with Gasteiger partial charge in [0.15, 0.2) is 5.76 Å². The van der Waals surface area contributed by atoms with Crippen molar-refractivity contribution >= 4 is 5.91 Å². The molecule has 1 saturated carbocycles. The highest BCUT2D eigenvalue weighted by Gasteiger charge is 2.31. The first-order valence-corrected chi connectivity index (χ1v) is 8.02. The second-order valence-electron chi connectivity index (χ2n) is 6.27. The number of nitrogens with one attached hydrogen (secondary N) is 1. The Kier molecular flexibility index (Phi) is 6.06. The summed E-state index contributed by atoms with van der Waals surface area (Å²) in [4.78, 5) is 12.1. The molecular weight excluding hydrogens is 270 g/mol. The van der Waals surface area contributed by atoms with Gasteiger partial charge in [-0.2, -0.15) is 0 Å². The molecular formula is C16H27NO4. The number of allylic oxidation sites excluding steroid dienone is 1. The van der Waals surface area contributed by atoms with Crippen LogP contribution in [0.15, 0.2) is 11.8 Å². The molecule has 2 aliphatic rings. The van der Waals surface area contributed by atoms with E-state index in [2.05, 4.69) is 19.2 Å². The van der Waals surface area contributed by atoms with Gasteiger partial charge in [0.2, 0.25) is 6.29 Å². The summed E-state index contributed by atoms with van der Waals surface area (Å²) in [6.07, 6.45) is 6.01. The summed E-state index contributed by atoms with van der Waals surface area (Å²) in [7, 11) is 0. The van der Waals surface area contributed by atoms with Crippen molar-refractivity contribution in [2.45, 2.75) is 58.3 Å². The quantitative estimate of drug-likeness (QED) is 0.672. The monoisotopic (exact) mass is 297 g/mol. The van der Waals surface area contributed by atoms with E-state index in [1.54, 1.807) is 0 Å². The molecule has 2 N–H and O–H groups in total. The van der Waals surface area contributed by atoms with Crippen molar-refractivity contribution in [2.24, 2.45) is 11.8 Å². The van der Waals surface area contributed by atoms with Crippen molar-refractivity contribution < 1.29 is 19.4 Å². The Hall–Kier alpha value is -1.07. The highest BCUT2D eigenvalue weighted by atomic mass is 16.7. The van der Waals surface area contributed by atoms with Gasteiger partial charge in [-0.15, -0.1) is 0 Å². The fourth-order valence-corrected chi connectivity index (χ4v) is 2.32. The number of amides is 1.